The molecule has 6 N–H and O–H groups in total. The maximum Gasteiger partial charge on any atom is 0.255 e. The zero-order valence-electron chi connectivity index (χ0n) is 17.9. The molecule has 0 saturated heterocycles. The van der Waals surface area contributed by atoms with E-state index in [1.165, 1.54) is 6.07 Å². The number of phenolic OH excluding ortho intramolecular Hbond substituents is 1. The number of hydrogen-bond acceptors (Lipinski definition) is 9. The summed E-state index contributed by atoms with van der Waals surface area (Å²) in [6.07, 6.45) is -1.90. The van der Waals surface area contributed by atoms with Crippen LogP contribution in [0.4, 0.5) is 11.4 Å². The van der Waals surface area contributed by atoms with Crippen molar-refractivity contribution in [2.24, 2.45) is 28.6 Å². The molecular weight excluding hydrogens is 434 g/mol. The Labute approximate surface area is 187 Å². The first-order chi connectivity index (χ1) is 15.4. The maximum absolute atomic E-state index is 13.6. The van der Waals surface area contributed by atoms with Crippen molar-refractivity contribution in [1.82, 2.24) is 0 Å². The van der Waals surface area contributed by atoms with Gasteiger partial charge in [0.25, 0.3) is 5.91 Å². The van der Waals surface area contributed by atoms with Crippen molar-refractivity contribution in [3.63, 3.8) is 0 Å². The predicted octanol–water partition coefficient (Wildman–Crippen LogP) is 0.753. The monoisotopic (exact) mass is 457 g/mol. The minimum absolute atomic E-state index is 0.0942. The van der Waals surface area contributed by atoms with Crippen molar-refractivity contribution >= 4 is 28.8 Å². The molecule has 5 atom stereocenters. The molecular formula is C21H23N5O7. The molecule has 33 heavy (non-hydrogen) atoms. The molecule has 1 aromatic carbocycles. The topological polar surface area (TPSA) is 210 Å². The molecule has 3 aliphatic rings. The number of ketones is 2. The minimum Gasteiger partial charge on any atom is -0.508 e. The van der Waals surface area contributed by atoms with Crippen molar-refractivity contribution in [1.29, 1.82) is 0 Å². The highest BCUT2D eigenvalue weighted by Gasteiger charge is 2.62. The Kier molecular flexibility index (Phi) is 5.12. The highest BCUT2D eigenvalue weighted by Crippen LogP contribution is 2.54. The van der Waals surface area contributed by atoms with Gasteiger partial charge in [-0.15, -0.1) is 0 Å². The Morgan fingerprint density at radius 1 is 1.30 bits per heavy atom. The van der Waals surface area contributed by atoms with Gasteiger partial charge in [0.1, 0.15) is 23.2 Å². The van der Waals surface area contributed by atoms with Gasteiger partial charge >= 0.3 is 0 Å². The average Bonchev–Trinajstić information content (AvgIpc) is 2.72. The van der Waals surface area contributed by atoms with Crippen molar-refractivity contribution in [2.45, 2.75) is 31.0 Å². The number of Topliss-reactive ketones (excluding diaryl/α,β-unsaturated/α-hetero) is 2. The molecule has 1 aromatic rings. The summed E-state index contributed by atoms with van der Waals surface area (Å²) in [5.41, 5.74) is 11.5. The van der Waals surface area contributed by atoms with Gasteiger partial charge in [0.15, 0.2) is 17.2 Å². The molecule has 4 rings (SSSR count). The summed E-state index contributed by atoms with van der Waals surface area (Å²) < 4.78 is 0. The van der Waals surface area contributed by atoms with Crippen LogP contribution in [0.5, 0.6) is 5.75 Å². The highest BCUT2D eigenvalue weighted by molar-refractivity contribution is 6.20. The fraction of sp³-hybridized carbons (Fsp3) is 0.476. The van der Waals surface area contributed by atoms with Crippen LogP contribution in [0.15, 0.2) is 22.5 Å². The first-order valence-electron chi connectivity index (χ1n) is 10.3. The molecule has 12 nitrogen and oxygen atoms in total. The average molecular weight is 457 g/mol. The van der Waals surface area contributed by atoms with Crippen molar-refractivity contribution in [2.75, 3.05) is 19.0 Å². The van der Waals surface area contributed by atoms with Crippen LogP contribution in [0, 0.1) is 17.8 Å². The standard InChI is InChI=1S/C21H23N5O7/c1-26(2)11-6-10(24-25-23)16(28)14-9(11)4-7-3-8-5-12(27)15(20(22)32)19(31)21(8,33)18(30)13(7)17(14)29/h6-8,13,18,28,30-31,33H,3-5H2,1-2H3,(H2,22,32). The van der Waals surface area contributed by atoms with Gasteiger partial charge in [0.2, 0.25) is 0 Å². The third-order valence-electron chi connectivity index (χ3n) is 7.10. The zero-order valence-corrected chi connectivity index (χ0v) is 17.9. The maximum atomic E-state index is 13.6. The van der Waals surface area contributed by atoms with Crippen LogP contribution >= 0.6 is 0 Å². The molecule has 0 bridgehead atoms. The number of benzene rings is 1. The van der Waals surface area contributed by atoms with Crippen molar-refractivity contribution in [3.05, 3.63) is 39.0 Å². The molecule has 0 spiro atoms. The lowest BCUT2D eigenvalue weighted by molar-refractivity contribution is -0.170. The van der Waals surface area contributed by atoms with Crippen molar-refractivity contribution in [3.8, 4) is 5.75 Å². The number of rotatable bonds is 3. The van der Waals surface area contributed by atoms with Crippen LogP contribution < -0.4 is 10.6 Å². The SMILES string of the molecule is CN(C)c1cc(N=[N+]=[N-])c(O)c2c1CC1CC3CC(=O)C(C(N)=O)=C(O)C3(O)C(O)C1C2=O. The predicted molar refractivity (Wildman–Crippen MR) is 114 cm³/mol. The number of azide groups is 1. The second-order valence-corrected chi connectivity index (χ2v) is 8.97. The lowest BCUT2D eigenvalue weighted by atomic mass is 9.55. The fourth-order valence-electron chi connectivity index (χ4n) is 5.63. The summed E-state index contributed by atoms with van der Waals surface area (Å²) in [7, 11) is 3.43. The van der Waals surface area contributed by atoms with Gasteiger partial charge in [0, 0.05) is 37.0 Å². The number of aromatic hydroxyl groups is 1. The second-order valence-electron chi connectivity index (χ2n) is 8.97. The largest absolute Gasteiger partial charge is 0.508 e. The number of carbonyl (C=O) groups is 3. The van der Waals surface area contributed by atoms with Gasteiger partial charge < -0.3 is 31.1 Å². The summed E-state index contributed by atoms with van der Waals surface area (Å²) in [6.45, 7) is 0. The van der Waals surface area contributed by atoms with E-state index in [9.17, 15) is 34.8 Å². The van der Waals surface area contributed by atoms with Gasteiger partial charge in [-0.25, -0.2) is 0 Å². The van der Waals surface area contributed by atoms with E-state index in [2.05, 4.69) is 10.0 Å². The van der Waals surface area contributed by atoms with E-state index >= 15 is 0 Å². The summed E-state index contributed by atoms with van der Waals surface area (Å²) in [5, 5.41) is 47.2. The van der Waals surface area contributed by atoms with Crippen LogP contribution in [0.1, 0.15) is 28.8 Å². The van der Waals surface area contributed by atoms with Crippen LogP contribution in [0.25, 0.3) is 10.4 Å². The molecule has 1 amide bonds. The molecule has 0 heterocycles. The Morgan fingerprint density at radius 3 is 2.55 bits per heavy atom. The number of nitrogens with two attached hydrogens (primary N) is 1. The van der Waals surface area contributed by atoms with Crippen LogP contribution in [0.2, 0.25) is 0 Å². The summed E-state index contributed by atoms with van der Waals surface area (Å²) in [6, 6.07) is 1.45. The second kappa shape index (κ2) is 7.48. The number of anilines is 1. The Morgan fingerprint density at radius 2 is 1.97 bits per heavy atom. The van der Waals surface area contributed by atoms with Crippen LogP contribution in [0.3, 0.4) is 0 Å². The lowest BCUT2D eigenvalue weighted by Crippen LogP contribution is -2.64. The Hall–Kier alpha value is -3.60. The van der Waals surface area contributed by atoms with Crippen LogP contribution in [-0.2, 0) is 16.0 Å². The highest BCUT2D eigenvalue weighted by atomic mass is 16.4. The quantitative estimate of drug-likeness (QED) is 0.189. The lowest BCUT2D eigenvalue weighted by Gasteiger charge is -2.52. The number of hydrogen-bond donors (Lipinski definition) is 5. The normalized spacial score (nSPS) is 30.7. The number of phenols is 1. The molecule has 3 aliphatic carbocycles. The molecule has 1 saturated carbocycles. The molecule has 1 fully saturated rings. The fourth-order valence-corrected chi connectivity index (χ4v) is 5.63. The molecule has 0 aliphatic heterocycles. The van der Waals surface area contributed by atoms with Gasteiger partial charge in [-0.1, -0.05) is 5.11 Å². The number of nitrogens with zero attached hydrogens (tertiary/aromatic N) is 4. The summed E-state index contributed by atoms with van der Waals surface area (Å²) in [4.78, 5) is 42.0. The molecule has 5 unspecified atom stereocenters. The molecule has 12 heteroatoms. The van der Waals surface area contributed by atoms with E-state index in [1.54, 1.807) is 19.0 Å². The summed E-state index contributed by atoms with van der Waals surface area (Å²) >= 11 is 0. The van der Waals surface area contributed by atoms with E-state index in [1.807, 2.05) is 0 Å². The minimum atomic E-state index is -2.44. The third-order valence-corrected chi connectivity index (χ3v) is 7.10. The van der Waals surface area contributed by atoms with E-state index in [0.717, 1.165) is 0 Å². The Balaban J connectivity index is 1.90. The van der Waals surface area contributed by atoms with E-state index in [-0.39, 0.29) is 30.5 Å². The Bertz CT molecular complexity index is 1190. The van der Waals surface area contributed by atoms with E-state index in [0.29, 0.717) is 11.3 Å². The first-order valence-corrected chi connectivity index (χ1v) is 10.3. The number of fused-ring (bicyclic) bond motifs is 3. The van der Waals surface area contributed by atoms with Gasteiger partial charge in [-0.3, -0.25) is 14.4 Å². The molecule has 174 valence electrons. The zero-order chi connectivity index (χ0) is 24.4. The number of aliphatic hydroxyl groups excluding tert-OH is 2. The third kappa shape index (κ3) is 2.99. The number of amides is 1. The molecule has 0 radical (unpaired) electrons. The van der Waals surface area contributed by atoms with Crippen molar-refractivity contribution < 1.29 is 34.8 Å². The van der Waals surface area contributed by atoms with Gasteiger partial charge in [-0.05, 0) is 35.9 Å². The van der Waals surface area contributed by atoms with E-state index < -0.39 is 64.0 Å². The van der Waals surface area contributed by atoms with Crippen LogP contribution in [-0.4, -0.2) is 63.7 Å². The van der Waals surface area contributed by atoms with Gasteiger partial charge in [0.05, 0.1) is 17.2 Å². The smallest absolute Gasteiger partial charge is 0.255 e. The van der Waals surface area contributed by atoms with E-state index in [4.69, 9.17) is 11.3 Å². The number of aliphatic hydroxyl groups is 3. The number of primary amides is 1. The summed E-state index contributed by atoms with van der Waals surface area (Å²) in [5.74, 6) is -7.01. The van der Waals surface area contributed by atoms with Gasteiger partial charge in [-0.2, -0.15) is 0 Å². The number of carbonyl (C=O) groups excluding carboxylic acids is 3. The first kappa shape index (κ1) is 22.6. The molecule has 0 aromatic heterocycles.